The molecule has 42 heavy (non-hydrogen) atoms. The molecule has 0 saturated carbocycles. The molecule has 0 radical (unpaired) electrons. The van der Waals surface area contributed by atoms with Crippen molar-refractivity contribution in [1.29, 1.82) is 5.26 Å². The van der Waals surface area contributed by atoms with E-state index in [0.717, 1.165) is 57.8 Å². The monoisotopic (exact) mass is 583 g/mol. The maximum atomic E-state index is 14.0. The number of amides is 2. The van der Waals surface area contributed by atoms with Crippen molar-refractivity contribution in [3.05, 3.63) is 35.9 Å². The highest BCUT2D eigenvalue weighted by molar-refractivity contribution is 6.43. The van der Waals surface area contributed by atoms with E-state index in [9.17, 15) is 24.9 Å². The standard InChI is InChI=1S/C30H46BN5O6/c1-29(2,35-15-13-34(14-16-35)25-18-41-19-25)21-30(3,22-32)27(37)36-12-8-7-11-24(36)20-42-28(38)33-26(31(39)40)17-23-9-5-4-6-10-23/h4-6,9-10,24-26,39-40H,7-8,11-21H2,1-3H3,(H,33,38)/t24-,26+,30?/m1/s1. The lowest BCUT2D eigenvalue weighted by atomic mass is 9.76. The minimum absolute atomic E-state index is 0.0328. The van der Waals surface area contributed by atoms with Crippen LogP contribution < -0.4 is 5.32 Å². The molecule has 4 rings (SSSR count). The average molecular weight is 584 g/mol. The van der Waals surface area contributed by atoms with Gasteiger partial charge in [0.2, 0.25) is 5.91 Å². The second-order valence-corrected chi connectivity index (χ2v) is 12.7. The molecule has 3 N–H and O–H groups in total. The number of likely N-dealkylation sites (tertiary alicyclic amines) is 1. The number of ether oxygens (including phenoxy) is 2. The molecule has 1 aromatic rings. The number of alkyl carbamates (subject to hydrolysis) is 1. The Labute approximate surface area is 249 Å². The number of nitrogens with zero attached hydrogens (tertiary/aromatic N) is 4. The highest BCUT2D eigenvalue weighted by atomic mass is 16.5. The fourth-order valence-corrected chi connectivity index (χ4v) is 6.49. The number of nitriles is 1. The molecule has 11 nitrogen and oxygen atoms in total. The molecule has 3 atom stereocenters. The largest absolute Gasteiger partial charge is 0.475 e. The van der Waals surface area contributed by atoms with Gasteiger partial charge in [0, 0.05) is 38.3 Å². The van der Waals surface area contributed by atoms with Crippen molar-refractivity contribution in [3.63, 3.8) is 0 Å². The van der Waals surface area contributed by atoms with Crippen LogP contribution >= 0.6 is 0 Å². The molecule has 1 unspecified atom stereocenters. The van der Waals surface area contributed by atoms with E-state index in [4.69, 9.17) is 9.47 Å². The van der Waals surface area contributed by atoms with Gasteiger partial charge < -0.3 is 29.7 Å². The third kappa shape index (κ3) is 8.02. The molecular weight excluding hydrogens is 537 g/mol. The van der Waals surface area contributed by atoms with Crippen LogP contribution in [0, 0.1) is 16.7 Å². The number of hydrogen-bond donors (Lipinski definition) is 3. The van der Waals surface area contributed by atoms with E-state index in [1.165, 1.54) is 0 Å². The lowest BCUT2D eigenvalue weighted by Crippen LogP contribution is -2.61. The molecule has 230 valence electrons. The van der Waals surface area contributed by atoms with Crippen molar-refractivity contribution in [2.75, 3.05) is 52.5 Å². The second kappa shape index (κ2) is 14.2. The number of nitrogens with one attached hydrogen (secondary N) is 1. The van der Waals surface area contributed by atoms with Crippen LogP contribution in [0.25, 0.3) is 0 Å². The first-order chi connectivity index (χ1) is 20.0. The summed E-state index contributed by atoms with van der Waals surface area (Å²) >= 11 is 0. The molecule has 0 aromatic heterocycles. The summed E-state index contributed by atoms with van der Waals surface area (Å²) in [7, 11) is -1.76. The number of carbonyl (C=O) groups is 2. The lowest BCUT2D eigenvalue weighted by molar-refractivity contribution is -0.145. The summed E-state index contributed by atoms with van der Waals surface area (Å²) < 4.78 is 10.8. The molecule has 0 aliphatic carbocycles. The highest BCUT2D eigenvalue weighted by Gasteiger charge is 2.46. The van der Waals surface area contributed by atoms with Crippen molar-refractivity contribution in [2.24, 2.45) is 5.41 Å². The summed E-state index contributed by atoms with van der Waals surface area (Å²) in [5.41, 5.74) is -0.751. The van der Waals surface area contributed by atoms with Gasteiger partial charge in [0.05, 0.1) is 37.3 Å². The van der Waals surface area contributed by atoms with Crippen molar-refractivity contribution in [2.45, 2.75) is 76.4 Å². The Balaban J connectivity index is 1.33. The molecule has 3 fully saturated rings. The number of rotatable bonds is 11. The van der Waals surface area contributed by atoms with Crippen molar-refractivity contribution in [1.82, 2.24) is 20.0 Å². The lowest BCUT2D eigenvalue weighted by Gasteiger charge is -2.49. The van der Waals surface area contributed by atoms with Crippen LogP contribution in [-0.2, 0) is 20.7 Å². The number of piperidine rings is 1. The topological polar surface area (TPSA) is 139 Å². The summed E-state index contributed by atoms with van der Waals surface area (Å²) in [5, 5.41) is 32.4. The molecule has 3 saturated heterocycles. The van der Waals surface area contributed by atoms with Gasteiger partial charge in [0.15, 0.2) is 0 Å². The molecule has 12 heteroatoms. The Morgan fingerprint density at radius 1 is 1.12 bits per heavy atom. The van der Waals surface area contributed by atoms with Gasteiger partial charge in [0.25, 0.3) is 0 Å². The van der Waals surface area contributed by atoms with E-state index in [-0.39, 0.29) is 30.5 Å². The van der Waals surface area contributed by atoms with Crippen LogP contribution in [-0.4, -0.2) is 120 Å². The van der Waals surface area contributed by atoms with E-state index in [1.807, 2.05) is 30.3 Å². The minimum Gasteiger partial charge on any atom is -0.447 e. The fraction of sp³-hybridized carbons (Fsp3) is 0.700. The van der Waals surface area contributed by atoms with Gasteiger partial charge in [-0.15, -0.1) is 0 Å². The van der Waals surface area contributed by atoms with Gasteiger partial charge >= 0.3 is 13.2 Å². The van der Waals surface area contributed by atoms with E-state index < -0.39 is 24.6 Å². The first-order valence-electron chi connectivity index (χ1n) is 15.1. The normalized spacial score (nSPS) is 22.8. The zero-order valence-electron chi connectivity index (χ0n) is 25.2. The van der Waals surface area contributed by atoms with Crippen LogP contribution in [0.5, 0.6) is 0 Å². The van der Waals surface area contributed by atoms with Gasteiger partial charge in [-0.3, -0.25) is 14.6 Å². The first kappa shape index (κ1) is 32.2. The average Bonchev–Trinajstić information content (AvgIpc) is 2.95. The van der Waals surface area contributed by atoms with Crippen LogP contribution in [0.4, 0.5) is 4.79 Å². The summed E-state index contributed by atoms with van der Waals surface area (Å²) in [6.07, 6.45) is 2.20. The number of carbonyl (C=O) groups excluding carboxylic acids is 2. The van der Waals surface area contributed by atoms with Gasteiger partial charge in [-0.25, -0.2) is 4.79 Å². The maximum absolute atomic E-state index is 14.0. The number of piperazine rings is 1. The SMILES string of the molecule is CC(C#N)(CC(C)(C)N1CCN(C2COC2)CC1)C(=O)N1CCCC[C@@H]1COC(=O)N[C@@H](Cc1ccccc1)B(O)O. The molecule has 3 aliphatic heterocycles. The zero-order chi connectivity index (χ0) is 30.3. The molecule has 0 bridgehead atoms. The van der Waals surface area contributed by atoms with E-state index in [1.54, 1.807) is 11.8 Å². The van der Waals surface area contributed by atoms with Crippen LogP contribution in [0.15, 0.2) is 30.3 Å². The Hall–Kier alpha value is -2.69. The molecule has 0 spiro atoms. The second-order valence-electron chi connectivity index (χ2n) is 12.7. The van der Waals surface area contributed by atoms with E-state index in [2.05, 4.69) is 35.0 Å². The Morgan fingerprint density at radius 2 is 1.81 bits per heavy atom. The maximum Gasteiger partial charge on any atom is 0.475 e. The number of benzene rings is 1. The molecule has 3 aliphatic rings. The van der Waals surface area contributed by atoms with Gasteiger partial charge in [0.1, 0.15) is 12.0 Å². The molecular formula is C30H46BN5O6. The van der Waals surface area contributed by atoms with E-state index in [0.29, 0.717) is 25.4 Å². The highest BCUT2D eigenvalue weighted by Crippen LogP contribution is 2.36. The molecule has 3 heterocycles. The first-order valence-corrected chi connectivity index (χ1v) is 15.1. The quantitative estimate of drug-likeness (QED) is 0.330. The molecule has 2 amide bonds. The van der Waals surface area contributed by atoms with Gasteiger partial charge in [-0.1, -0.05) is 30.3 Å². The smallest absolute Gasteiger partial charge is 0.447 e. The van der Waals surface area contributed by atoms with Crippen molar-refractivity contribution in [3.8, 4) is 6.07 Å². The fourth-order valence-electron chi connectivity index (χ4n) is 6.49. The molecule has 1 aromatic carbocycles. The Kier molecular flexibility index (Phi) is 10.9. The third-order valence-electron chi connectivity index (χ3n) is 9.07. The van der Waals surface area contributed by atoms with Gasteiger partial charge in [-0.05, 0) is 58.4 Å². The summed E-state index contributed by atoms with van der Waals surface area (Å²) in [5.74, 6) is -1.18. The summed E-state index contributed by atoms with van der Waals surface area (Å²) in [6, 6.07) is 11.7. The Bertz CT molecular complexity index is 1090. The number of hydrogen-bond acceptors (Lipinski definition) is 9. The summed E-state index contributed by atoms with van der Waals surface area (Å²) in [6.45, 7) is 11.7. The summed E-state index contributed by atoms with van der Waals surface area (Å²) in [4.78, 5) is 33.2. The zero-order valence-corrected chi connectivity index (χ0v) is 25.2. The predicted octanol–water partition coefficient (Wildman–Crippen LogP) is 1.43. The van der Waals surface area contributed by atoms with Crippen molar-refractivity contribution < 1.29 is 29.1 Å². The van der Waals surface area contributed by atoms with Crippen LogP contribution in [0.3, 0.4) is 0 Å². The van der Waals surface area contributed by atoms with Crippen LogP contribution in [0.2, 0.25) is 0 Å². The van der Waals surface area contributed by atoms with Gasteiger partial charge in [-0.2, -0.15) is 5.26 Å². The van der Waals surface area contributed by atoms with Crippen LogP contribution in [0.1, 0.15) is 52.0 Å². The van der Waals surface area contributed by atoms with Crippen molar-refractivity contribution >= 4 is 19.1 Å². The Morgan fingerprint density at radius 3 is 2.40 bits per heavy atom. The third-order valence-corrected chi connectivity index (χ3v) is 9.07. The predicted molar refractivity (Wildman–Crippen MR) is 158 cm³/mol. The minimum atomic E-state index is -1.76. The van der Waals surface area contributed by atoms with E-state index >= 15 is 0 Å².